The van der Waals surface area contributed by atoms with Gasteiger partial charge < -0.3 is 48.1 Å². The molecule has 0 fully saturated rings. The van der Waals surface area contributed by atoms with Crippen molar-refractivity contribution in [1.29, 1.82) is 0 Å². The summed E-state index contributed by atoms with van der Waals surface area (Å²) in [6.45, 7) is 21.4. The van der Waals surface area contributed by atoms with E-state index in [-0.39, 0.29) is 49.5 Å². The Labute approximate surface area is 491 Å². The molecule has 0 spiro atoms. The molecule has 0 radical (unpaired) electrons. The maximum absolute atomic E-state index is 13.7. The van der Waals surface area contributed by atoms with Crippen LogP contribution in [0.25, 0.3) is 0 Å². The number of alkyl halides is 6. The summed E-state index contributed by atoms with van der Waals surface area (Å²) < 4.78 is 114. The highest BCUT2D eigenvalue weighted by atomic mass is 19.4. The molecule has 2 heterocycles. The quantitative estimate of drug-likeness (QED) is 0.0560. The fourth-order valence-electron chi connectivity index (χ4n) is 9.55. The van der Waals surface area contributed by atoms with Gasteiger partial charge in [-0.25, -0.2) is 9.59 Å². The number of rotatable bonds is 18. The van der Waals surface area contributed by atoms with Gasteiger partial charge in [-0.05, 0) is 161 Å². The van der Waals surface area contributed by atoms with Gasteiger partial charge >= 0.3 is 36.8 Å². The number of benzene rings is 4. The van der Waals surface area contributed by atoms with Crippen molar-refractivity contribution in [3.05, 3.63) is 105 Å². The third kappa shape index (κ3) is 18.5. The summed E-state index contributed by atoms with van der Waals surface area (Å²) in [6.07, 6.45) is -11.2. The second kappa shape index (κ2) is 27.4. The summed E-state index contributed by atoms with van der Waals surface area (Å²) in [5, 5.41) is 9.45. The highest BCUT2D eigenvalue weighted by Gasteiger charge is 2.41. The van der Waals surface area contributed by atoms with Crippen LogP contribution < -0.4 is 28.7 Å². The Morgan fingerprint density at radius 1 is 0.565 bits per heavy atom. The molecule has 0 aromatic heterocycles. The number of ether oxygens (including phenoxy) is 7. The van der Waals surface area contributed by atoms with Gasteiger partial charge in [-0.2, -0.15) is 0 Å². The monoisotopic (exact) mass is 1200 g/mol. The smallest absolute Gasteiger partial charge is 0.489 e. The summed E-state index contributed by atoms with van der Waals surface area (Å²) in [7, 11) is 3.94. The van der Waals surface area contributed by atoms with Crippen molar-refractivity contribution in [2.75, 3.05) is 44.1 Å². The molecular formula is C61H76F6N4O14. The largest absolute Gasteiger partial charge is 0.573 e. The summed E-state index contributed by atoms with van der Waals surface area (Å²) in [6, 6.07) is 13.5. The summed E-state index contributed by atoms with van der Waals surface area (Å²) >= 11 is 0. The van der Waals surface area contributed by atoms with E-state index >= 15 is 0 Å². The zero-order chi connectivity index (χ0) is 63.8. The van der Waals surface area contributed by atoms with Crippen molar-refractivity contribution >= 4 is 47.3 Å². The first-order valence-electron chi connectivity index (χ1n) is 27.4. The number of aliphatic carboxylic acids is 1. The van der Waals surface area contributed by atoms with E-state index in [0.29, 0.717) is 64.5 Å². The molecule has 0 saturated heterocycles. The summed E-state index contributed by atoms with van der Waals surface area (Å²) in [4.78, 5) is 81.5. The Kier molecular flexibility index (Phi) is 21.9. The number of hydrogen-bond acceptors (Lipinski definition) is 13. The highest BCUT2D eigenvalue weighted by molar-refractivity contribution is 6.03. The summed E-state index contributed by atoms with van der Waals surface area (Å²) in [5.41, 5.74) is 4.55. The van der Waals surface area contributed by atoms with Crippen LogP contribution in [0.3, 0.4) is 0 Å². The van der Waals surface area contributed by atoms with Crippen LogP contribution in [0.2, 0.25) is 0 Å². The first kappa shape index (κ1) is 67.9. The first-order chi connectivity index (χ1) is 39.3. The van der Waals surface area contributed by atoms with Crippen LogP contribution in [-0.4, -0.2) is 121 Å². The normalized spacial score (nSPS) is 13.9. The number of carboxylic acids is 1. The van der Waals surface area contributed by atoms with Gasteiger partial charge in [-0.1, -0.05) is 52.0 Å². The van der Waals surface area contributed by atoms with Crippen LogP contribution in [0.15, 0.2) is 60.7 Å². The predicted octanol–water partition coefficient (Wildman–Crippen LogP) is 12.5. The van der Waals surface area contributed by atoms with Gasteiger partial charge in [-0.15, -0.1) is 26.3 Å². The fourth-order valence-corrected chi connectivity index (χ4v) is 9.55. The molecule has 6 rings (SSSR count). The van der Waals surface area contributed by atoms with Gasteiger partial charge in [0.15, 0.2) is 0 Å². The zero-order valence-corrected chi connectivity index (χ0v) is 50.6. The number of carboxylic acid groups (broad SMARTS) is 1. The maximum Gasteiger partial charge on any atom is 0.573 e. The molecule has 18 nitrogen and oxygen atoms in total. The molecular weight excluding hydrogens is 1130 g/mol. The Morgan fingerprint density at radius 2 is 0.929 bits per heavy atom. The molecule has 2 aliphatic heterocycles. The van der Waals surface area contributed by atoms with Crippen molar-refractivity contribution in [1.82, 2.24) is 9.80 Å². The van der Waals surface area contributed by atoms with E-state index in [9.17, 15) is 60.2 Å². The standard InChI is InChI=1S/C31H39F3N2O7.C30H37F3N2O7/c1-18(2)21-10-9-20(15-26(21)42-31(32,33)34)17-41-25-12-11-23-22(19(25)3)13-14-36(23)28(38)24(16-27(37)40-8)35(7)29(39)43-30(4,5)6;1-17(2)20-9-8-19(14-25(20)41-30(31,32)33)16-40-24-11-10-22-21(18(24)3)12-13-35(22)27(38)23(15-26(36)37)34(7)28(39)42-29(4,5)6/h9-12,15,18,24H,13-14,16-17H2,1-8H3;8-11,14,17,23H,12-13,15-16H2,1-7H3,(H,36,37)/t24-;23-/m11/s1. The van der Waals surface area contributed by atoms with Crippen LogP contribution in [0, 0.1) is 13.8 Å². The third-order valence-electron chi connectivity index (χ3n) is 13.8. The number of anilines is 2. The van der Waals surface area contributed by atoms with Gasteiger partial charge in [0, 0.05) is 38.6 Å². The van der Waals surface area contributed by atoms with Crippen LogP contribution in [0.4, 0.5) is 47.3 Å². The van der Waals surface area contributed by atoms with E-state index in [2.05, 4.69) is 9.47 Å². The predicted molar refractivity (Wildman–Crippen MR) is 302 cm³/mol. The molecule has 2 atom stereocenters. The van der Waals surface area contributed by atoms with E-state index in [1.807, 2.05) is 13.8 Å². The molecule has 1 N–H and O–H groups in total. The number of nitrogens with zero attached hydrogens (tertiary/aromatic N) is 4. The molecule has 4 aromatic carbocycles. The molecule has 24 heteroatoms. The Bertz CT molecular complexity index is 3100. The molecule has 85 heavy (non-hydrogen) atoms. The van der Waals surface area contributed by atoms with Gasteiger partial charge in [0.05, 0.1) is 20.0 Å². The minimum Gasteiger partial charge on any atom is -0.489 e. The average molecular weight is 1200 g/mol. The Hall–Kier alpha value is -7.92. The number of esters is 1. The summed E-state index contributed by atoms with van der Waals surface area (Å²) in [5.74, 6) is -2.81. The molecule has 0 saturated carbocycles. The van der Waals surface area contributed by atoms with Crippen molar-refractivity contribution in [3.63, 3.8) is 0 Å². The van der Waals surface area contributed by atoms with Crippen LogP contribution in [0.5, 0.6) is 23.0 Å². The second-order valence-electron chi connectivity index (χ2n) is 23.2. The van der Waals surface area contributed by atoms with Crippen molar-refractivity contribution in [2.24, 2.45) is 0 Å². The molecule has 0 unspecified atom stereocenters. The highest BCUT2D eigenvalue weighted by Crippen LogP contribution is 2.40. The minimum atomic E-state index is -4.83. The SMILES string of the molecule is COC(=O)C[C@H](C(=O)N1CCc2c1ccc(OCc1ccc(C(C)C)c(OC(F)(F)F)c1)c2C)N(C)C(=O)OC(C)(C)C.Cc1c(OCc2ccc(C(C)C)c(OC(F)(F)F)c2)ccc2c1CCN2C(=O)[C@@H](CC(=O)O)N(C)C(=O)OC(C)(C)C. The van der Waals surface area contributed by atoms with Gasteiger partial charge in [-0.3, -0.25) is 29.0 Å². The third-order valence-corrected chi connectivity index (χ3v) is 13.8. The van der Waals surface area contributed by atoms with E-state index in [0.717, 1.165) is 32.1 Å². The number of halogens is 6. The number of methoxy groups -OCH3 is 1. The molecule has 0 aliphatic carbocycles. The van der Waals surface area contributed by atoms with E-state index in [4.69, 9.17) is 23.7 Å². The lowest BCUT2D eigenvalue weighted by molar-refractivity contribution is -0.276. The molecule has 2 aliphatic rings. The number of likely N-dealkylation sites (N-methyl/N-ethyl adjacent to an activating group) is 2. The van der Waals surface area contributed by atoms with E-state index in [1.54, 1.807) is 118 Å². The van der Waals surface area contributed by atoms with Gasteiger partial charge in [0.1, 0.15) is 59.5 Å². The lowest BCUT2D eigenvalue weighted by Gasteiger charge is -2.32. The lowest BCUT2D eigenvalue weighted by Crippen LogP contribution is -2.51. The number of carbonyl (C=O) groups excluding carboxylic acids is 5. The van der Waals surface area contributed by atoms with E-state index < -0.39 is 78.4 Å². The van der Waals surface area contributed by atoms with E-state index in [1.165, 1.54) is 43.1 Å². The topological polar surface area (TPSA) is 200 Å². The lowest BCUT2D eigenvalue weighted by atomic mass is 10.0. The van der Waals surface area contributed by atoms with Crippen molar-refractivity contribution in [3.8, 4) is 23.0 Å². The molecule has 4 amide bonds. The number of amides is 4. The van der Waals surface area contributed by atoms with Crippen LogP contribution >= 0.6 is 0 Å². The average Bonchev–Trinajstić information content (AvgIpc) is 2.08. The van der Waals surface area contributed by atoms with Crippen LogP contribution in [-0.2, 0) is 59.4 Å². The van der Waals surface area contributed by atoms with Crippen molar-refractivity contribution in [2.45, 2.75) is 170 Å². The number of carbonyl (C=O) groups is 6. The first-order valence-corrected chi connectivity index (χ1v) is 27.4. The minimum absolute atomic E-state index is 0.00322. The Morgan fingerprint density at radius 3 is 1.25 bits per heavy atom. The van der Waals surface area contributed by atoms with Crippen LogP contribution in [0.1, 0.15) is 138 Å². The Balaban J connectivity index is 0.000000311. The second-order valence-corrected chi connectivity index (χ2v) is 23.2. The number of hydrogen-bond donors (Lipinski definition) is 1. The molecule has 0 bridgehead atoms. The van der Waals surface area contributed by atoms with Crippen molar-refractivity contribution < 1.29 is 93.4 Å². The maximum atomic E-state index is 13.7. The van der Waals surface area contributed by atoms with Gasteiger partial charge in [0.25, 0.3) is 11.8 Å². The fraction of sp³-hybridized carbons (Fsp3) is 0.508. The molecule has 466 valence electrons. The number of fused-ring (bicyclic) bond motifs is 2. The van der Waals surface area contributed by atoms with Gasteiger partial charge in [0.2, 0.25) is 0 Å². The molecule has 4 aromatic rings. The zero-order valence-electron chi connectivity index (χ0n) is 50.6.